The fourth-order valence-corrected chi connectivity index (χ4v) is 1.74. The minimum atomic E-state index is -0.708. The predicted molar refractivity (Wildman–Crippen MR) is 60.5 cm³/mol. The van der Waals surface area contributed by atoms with Crippen LogP contribution in [0.4, 0.5) is 0 Å². The van der Waals surface area contributed by atoms with Crippen molar-refractivity contribution >= 4 is 18.4 Å². The lowest BCUT2D eigenvalue weighted by Crippen LogP contribution is -2.47. The highest BCUT2D eigenvalue weighted by Crippen LogP contribution is 2.13. The normalized spacial score (nSPS) is 19.7. The number of carboxylic acid groups (broad SMARTS) is 1. The number of rotatable bonds is 4. The van der Waals surface area contributed by atoms with Gasteiger partial charge >= 0.3 is 5.97 Å². The van der Waals surface area contributed by atoms with Crippen molar-refractivity contribution in [1.29, 1.82) is 0 Å². The molecule has 1 heterocycles. The van der Waals surface area contributed by atoms with Gasteiger partial charge in [0.25, 0.3) is 0 Å². The molecule has 1 N–H and O–H groups in total. The van der Waals surface area contributed by atoms with Crippen LogP contribution >= 0.6 is 12.4 Å². The van der Waals surface area contributed by atoms with Crippen LogP contribution in [0.3, 0.4) is 0 Å². The smallest absolute Gasteiger partial charge is 0.320 e. The molecule has 0 aliphatic carbocycles. The number of halogens is 1. The molecule has 1 fully saturated rings. The van der Waals surface area contributed by atoms with E-state index >= 15 is 0 Å². The molecule has 15 heavy (non-hydrogen) atoms. The molecule has 1 unspecified atom stereocenters. The van der Waals surface area contributed by atoms with E-state index < -0.39 is 5.97 Å². The van der Waals surface area contributed by atoms with E-state index in [-0.39, 0.29) is 18.4 Å². The standard InChI is InChI=1S/C10H19NO3.ClH/c1-8(2)7-9(10(12)13)11-3-5-14-6-4-11;/h8-9H,3-7H2,1-2H3,(H,12,13);1H. The summed E-state index contributed by atoms with van der Waals surface area (Å²) >= 11 is 0. The summed E-state index contributed by atoms with van der Waals surface area (Å²) in [5, 5.41) is 9.09. The number of hydrogen-bond donors (Lipinski definition) is 1. The van der Waals surface area contributed by atoms with E-state index in [9.17, 15) is 4.79 Å². The van der Waals surface area contributed by atoms with Crippen molar-refractivity contribution in [2.75, 3.05) is 26.3 Å². The molecular weight excluding hydrogens is 218 g/mol. The summed E-state index contributed by atoms with van der Waals surface area (Å²) in [5.41, 5.74) is 0. The summed E-state index contributed by atoms with van der Waals surface area (Å²) in [6, 6.07) is -0.334. The van der Waals surface area contributed by atoms with Gasteiger partial charge in [-0.05, 0) is 12.3 Å². The first-order chi connectivity index (χ1) is 6.61. The van der Waals surface area contributed by atoms with Gasteiger partial charge in [-0.1, -0.05) is 13.8 Å². The second kappa shape index (κ2) is 7.04. The Kier molecular flexibility index (Phi) is 6.89. The lowest BCUT2D eigenvalue weighted by atomic mass is 10.0. The fourth-order valence-electron chi connectivity index (χ4n) is 1.74. The largest absolute Gasteiger partial charge is 0.480 e. The summed E-state index contributed by atoms with van der Waals surface area (Å²) < 4.78 is 5.20. The van der Waals surface area contributed by atoms with Crippen LogP contribution in [0, 0.1) is 5.92 Å². The second-order valence-corrected chi connectivity index (χ2v) is 4.13. The molecular formula is C10H20ClNO3. The van der Waals surface area contributed by atoms with Gasteiger partial charge in [0.1, 0.15) is 6.04 Å². The topological polar surface area (TPSA) is 49.8 Å². The quantitative estimate of drug-likeness (QED) is 0.800. The number of nitrogens with zero attached hydrogens (tertiary/aromatic N) is 1. The van der Waals surface area contributed by atoms with Crippen LogP contribution in [0.15, 0.2) is 0 Å². The predicted octanol–water partition coefficient (Wildman–Crippen LogP) is 1.24. The third-order valence-corrected chi connectivity index (χ3v) is 2.47. The van der Waals surface area contributed by atoms with Gasteiger partial charge in [-0.15, -0.1) is 12.4 Å². The van der Waals surface area contributed by atoms with E-state index in [0.29, 0.717) is 19.1 Å². The van der Waals surface area contributed by atoms with Crippen LogP contribution in [0.25, 0.3) is 0 Å². The van der Waals surface area contributed by atoms with Gasteiger partial charge < -0.3 is 9.84 Å². The first kappa shape index (κ1) is 14.7. The molecule has 0 aromatic carbocycles. The third-order valence-electron chi connectivity index (χ3n) is 2.47. The van der Waals surface area contributed by atoms with Crippen molar-refractivity contribution in [1.82, 2.24) is 4.90 Å². The van der Waals surface area contributed by atoms with E-state index in [0.717, 1.165) is 19.5 Å². The van der Waals surface area contributed by atoms with Crippen molar-refractivity contribution in [2.45, 2.75) is 26.3 Å². The van der Waals surface area contributed by atoms with E-state index in [1.54, 1.807) is 0 Å². The summed E-state index contributed by atoms with van der Waals surface area (Å²) in [6.45, 7) is 6.89. The van der Waals surface area contributed by atoms with Crippen molar-refractivity contribution in [3.05, 3.63) is 0 Å². The minimum Gasteiger partial charge on any atom is -0.480 e. The van der Waals surface area contributed by atoms with Crippen molar-refractivity contribution in [3.8, 4) is 0 Å². The van der Waals surface area contributed by atoms with Crippen molar-refractivity contribution in [3.63, 3.8) is 0 Å². The summed E-state index contributed by atoms with van der Waals surface area (Å²) in [5.74, 6) is -0.292. The first-order valence-electron chi connectivity index (χ1n) is 5.16. The Bertz CT molecular complexity index is 193. The van der Waals surface area contributed by atoms with Crippen LogP contribution in [-0.2, 0) is 9.53 Å². The number of aliphatic carboxylic acids is 1. The zero-order valence-electron chi connectivity index (χ0n) is 9.31. The number of carboxylic acids is 1. The average Bonchev–Trinajstić information content (AvgIpc) is 2.15. The highest BCUT2D eigenvalue weighted by atomic mass is 35.5. The zero-order chi connectivity index (χ0) is 10.6. The molecule has 1 aliphatic rings. The van der Waals surface area contributed by atoms with Crippen LogP contribution in [0.5, 0.6) is 0 Å². The van der Waals surface area contributed by atoms with E-state index in [1.807, 2.05) is 4.90 Å². The Morgan fingerprint density at radius 3 is 2.33 bits per heavy atom. The molecule has 1 aliphatic heterocycles. The molecule has 0 spiro atoms. The molecule has 0 radical (unpaired) electrons. The number of hydrogen-bond acceptors (Lipinski definition) is 3. The summed E-state index contributed by atoms with van der Waals surface area (Å²) in [4.78, 5) is 13.1. The van der Waals surface area contributed by atoms with Gasteiger partial charge in [0, 0.05) is 13.1 Å². The van der Waals surface area contributed by atoms with Gasteiger partial charge in [-0.25, -0.2) is 0 Å². The molecule has 0 aromatic rings. The molecule has 0 saturated carbocycles. The van der Waals surface area contributed by atoms with E-state index in [1.165, 1.54) is 0 Å². The number of morpholine rings is 1. The molecule has 0 bridgehead atoms. The maximum atomic E-state index is 11.1. The second-order valence-electron chi connectivity index (χ2n) is 4.13. The molecule has 90 valence electrons. The van der Waals surface area contributed by atoms with Crippen molar-refractivity contribution < 1.29 is 14.6 Å². The Balaban J connectivity index is 0.00000196. The van der Waals surface area contributed by atoms with Gasteiger partial charge in [-0.2, -0.15) is 0 Å². The highest BCUT2D eigenvalue weighted by Gasteiger charge is 2.27. The van der Waals surface area contributed by atoms with Crippen molar-refractivity contribution in [2.24, 2.45) is 5.92 Å². The molecule has 4 nitrogen and oxygen atoms in total. The van der Waals surface area contributed by atoms with Crippen LogP contribution in [0.2, 0.25) is 0 Å². The van der Waals surface area contributed by atoms with Gasteiger partial charge in [0.05, 0.1) is 13.2 Å². The minimum absolute atomic E-state index is 0. The lowest BCUT2D eigenvalue weighted by Gasteiger charge is -2.32. The number of carbonyl (C=O) groups is 1. The van der Waals surface area contributed by atoms with Gasteiger partial charge in [0.2, 0.25) is 0 Å². The molecule has 1 atom stereocenters. The van der Waals surface area contributed by atoms with Crippen LogP contribution in [-0.4, -0.2) is 48.3 Å². The first-order valence-corrected chi connectivity index (χ1v) is 5.16. The Hall–Kier alpha value is -0.320. The van der Waals surface area contributed by atoms with Crippen LogP contribution < -0.4 is 0 Å². The Labute approximate surface area is 97.0 Å². The molecule has 1 rings (SSSR count). The zero-order valence-corrected chi connectivity index (χ0v) is 10.1. The third kappa shape index (κ3) is 4.82. The monoisotopic (exact) mass is 237 g/mol. The van der Waals surface area contributed by atoms with Gasteiger partial charge in [-0.3, -0.25) is 9.69 Å². The molecule has 5 heteroatoms. The summed E-state index contributed by atoms with van der Waals surface area (Å²) in [6.07, 6.45) is 0.718. The van der Waals surface area contributed by atoms with E-state index in [2.05, 4.69) is 13.8 Å². The lowest BCUT2D eigenvalue weighted by molar-refractivity contribution is -0.145. The maximum Gasteiger partial charge on any atom is 0.320 e. The average molecular weight is 238 g/mol. The Morgan fingerprint density at radius 2 is 1.93 bits per heavy atom. The fraction of sp³-hybridized carbons (Fsp3) is 0.900. The van der Waals surface area contributed by atoms with Gasteiger partial charge in [0.15, 0.2) is 0 Å². The molecule has 1 saturated heterocycles. The number of ether oxygens (including phenoxy) is 1. The Morgan fingerprint density at radius 1 is 1.40 bits per heavy atom. The van der Waals surface area contributed by atoms with Crippen LogP contribution in [0.1, 0.15) is 20.3 Å². The summed E-state index contributed by atoms with van der Waals surface area (Å²) in [7, 11) is 0. The van der Waals surface area contributed by atoms with E-state index in [4.69, 9.17) is 9.84 Å². The SMILES string of the molecule is CC(C)CC(C(=O)O)N1CCOCC1.Cl. The molecule has 0 amide bonds. The molecule has 0 aromatic heterocycles. The highest BCUT2D eigenvalue weighted by molar-refractivity contribution is 5.85. The maximum absolute atomic E-state index is 11.1.